The third-order valence-corrected chi connectivity index (χ3v) is 2.23. The molecule has 1 saturated heterocycles. The lowest BCUT2D eigenvalue weighted by atomic mass is 10.3. The van der Waals surface area contributed by atoms with Gasteiger partial charge in [0.15, 0.2) is 16.8 Å². The number of Topliss-reactive ketones (excluding diaryl/α,β-unsaturated/α-hetero) is 1. The Labute approximate surface area is 88.9 Å². The lowest BCUT2D eigenvalue weighted by Gasteiger charge is -2.13. The number of carbonyl (C=O) groups excluding carboxylic acids is 2. The molecule has 1 aliphatic heterocycles. The number of rotatable bonds is 1. The third-order valence-electron chi connectivity index (χ3n) is 1.97. The Morgan fingerprint density at radius 3 is 2.73 bits per heavy atom. The number of anilines is 1. The van der Waals surface area contributed by atoms with E-state index in [0.29, 0.717) is 0 Å². The monoisotopic (exact) mass is 229 g/mol. The molecule has 78 valence electrons. The maximum absolute atomic E-state index is 13.4. The number of hydrogen-bond acceptors (Lipinski definition) is 4. The largest absolute Gasteiger partial charge is 0.297 e. The number of hydrogen-bond donors (Lipinski definition) is 0. The van der Waals surface area contributed by atoms with Crippen LogP contribution in [-0.2, 0) is 9.59 Å². The molecule has 0 aromatic carbocycles. The second-order valence-corrected chi connectivity index (χ2v) is 3.36. The number of nitrogens with zero attached hydrogens (tertiary/aromatic N) is 3. The first-order valence-corrected chi connectivity index (χ1v) is 4.45. The van der Waals surface area contributed by atoms with E-state index in [1.165, 1.54) is 0 Å². The van der Waals surface area contributed by atoms with E-state index in [2.05, 4.69) is 9.97 Å². The molecule has 0 aliphatic carbocycles. The van der Waals surface area contributed by atoms with Crippen LogP contribution in [0.3, 0.4) is 0 Å². The van der Waals surface area contributed by atoms with Crippen LogP contribution >= 0.6 is 11.6 Å². The molecular formula is C8H5ClFN3O2. The Balaban J connectivity index is 2.42. The van der Waals surface area contributed by atoms with Gasteiger partial charge in [0, 0.05) is 0 Å². The van der Waals surface area contributed by atoms with Crippen LogP contribution in [0.5, 0.6) is 0 Å². The van der Waals surface area contributed by atoms with Crippen molar-refractivity contribution in [2.24, 2.45) is 0 Å². The summed E-state index contributed by atoms with van der Waals surface area (Å²) in [6.45, 7) is -0.164. The number of aromatic nitrogens is 2. The van der Waals surface area contributed by atoms with Crippen LogP contribution in [0.25, 0.3) is 0 Å². The van der Waals surface area contributed by atoms with E-state index in [-0.39, 0.29) is 29.7 Å². The van der Waals surface area contributed by atoms with Crippen molar-refractivity contribution in [2.45, 2.75) is 6.42 Å². The van der Waals surface area contributed by atoms with Gasteiger partial charge in [-0.3, -0.25) is 14.5 Å². The smallest absolute Gasteiger partial charge is 0.236 e. The molecule has 1 aliphatic rings. The zero-order valence-electron chi connectivity index (χ0n) is 7.41. The predicted molar refractivity (Wildman–Crippen MR) is 49.0 cm³/mol. The first-order chi connectivity index (χ1) is 7.09. The number of amides is 1. The van der Waals surface area contributed by atoms with E-state index in [1.807, 2.05) is 0 Å². The summed E-state index contributed by atoms with van der Waals surface area (Å²) < 4.78 is 13.4. The average Bonchev–Trinajstić information content (AvgIpc) is 2.50. The summed E-state index contributed by atoms with van der Waals surface area (Å²) in [4.78, 5) is 30.2. The van der Waals surface area contributed by atoms with Crippen molar-refractivity contribution in [2.75, 3.05) is 11.4 Å². The fourth-order valence-electron chi connectivity index (χ4n) is 1.31. The van der Waals surface area contributed by atoms with Gasteiger partial charge in [-0.1, -0.05) is 11.6 Å². The molecule has 0 bridgehead atoms. The minimum atomic E-state index is -0.887. The van der Waals surface area contributed by atoms with Crippen molar-refractivity contribution in [1.82, 2.24) is 9.97 Å². The van der Waals surface area contributed by atoms with Crippen molar-refractivity contribution in [1.29, 1.82) is 0 Å². The van der Waals surface area contributed by atoms with Crippen LogP contribution in [0, 0.1) is 5.82 Å². The molecule has 0 radical (unpaired) electrons. The van der Waals surface area contributed by atoms with Crippen molar-refractivity contribution in [3.63, 3.8) is 0 Å². The normalized spacial score (nSPS) is 16.3. The lowest BCUT2D eigenvalue weighted by molar-refractivity contribution is -0.121. The van der Waals surface area contributed by atoms with Crippen LogP contribution in [-0.4, -0.2) is 28.2 Å². The van der Waals surface area contributed by atoms with E-state index in [9.17, 15) is 14.0 Å². The molecule has 5 nitrogen and oxygen atoms in total. The molecule has 0 saturated carbocycles. The average molecular weight is 230 g/mol. The summed E-state index contributed by atoms with van der Waals surface area (Å²) in [5.74, 6) is -1.88. The van der Waals surface area contributed by atoms with Gasteiger partial charge in [-0.2, -0.15) is 4.39 Å². The van der Waals surface area contributed by atoms with Crippen LogP contribution in [0.1, 0.15) is 6.42 Å². The second-order valence-electron chi connectivity index (χ2n) is 3.00. The molecular weight excluding hydrogens is 225 g/mol. The van der Waals surface area contributed by atoms with Crippen molar-refractivity contribution < 1.29 is 14.0 Å². The molecule has 1 fully saturated rings. The molecule has 1 amide bonds. The standard InChI is InChI=1S/C8H5ClFN3O2/c9-7-6(10)8(12-3-11-7)13-2-4(14)1-5(13)15/h3H,1-2H2. The molecule has 7 heteroatoms. The second kappa shape index (κ2) is 3.54. The highest BCUT2D eigenvalue weighted by molar-refractivity contribution is 6.30. The topological polar surface area (TPSA) is 63.2 Å². The summed E-state index contributed by atoms with van der Waals surface area (Å²) >= 11 is 5.43. The van der Waals surface area contributed by atoms with Gasteiger partial charge in [0.25, 0.3) is 0 Å². The highest BCUT2D eigenvalue weighted by atomic mass is 35.5. The quantitative estimate of drug-likeness (QED) is 0.522. The molecule has 0 unspecified atom stereocenters. The molecule has 1 aromatic rings. The molecule has 0 spiro atoms. The zero-order chi connectivity index (χ0) is 11.0. The van der Waals surface area contributed by atoms with Gasteiger partial charge in [0.2, 0.25) is 11.7 Å². The minimum Gasteiger partial charge on any atom is -0.297 e. The highest BCUT2D eigenvalue weighted by Gasteiger charge is 2.32. The molecule has 0 atom stereocenters. The van der Waals surface area contributed by atoms with E-state index in [4.69, 9.17) is 11.6 Å². The van der Waals surface area contributed by atoms with Crippen LogP contribution in [0.2, 0.25) is 5.15 Å². The van der Waals surface area contributed by atoms with Gasteiger partial charge in [-0.25, -0.2) is 9.97 Å². The lowest BCUT2D eigenvalue weighted by Crippen LogP contribution is -2.26. The first kappa shape index (κ1) is 9.97. The van der Waals surface area contributed by atoms with Crippen molar-refractivity contribution in [3.8, 4) is 0 Å². The number of carbonyl (C=O) groups is 2. The van der Waals surface area contributed by atoms with Gasteiger partial charge < -0.3 is 0 Å². The van der Waals surface area contributed by atoms with Crippen molar-refractivity contribution in [3.05, 3.63) is 17.3 Å². The fourth-order valence-corrected chi connectivity index (χ4v) is 1.43. The highest BCUT2D eigenvalue weighted by Crippen LogP contribution is 2.23. The summed E-state index contributed by atoms with van der Waals surface area (Å²) in [7, 11) is 0. The van der Waals surface area contributed by atoms with Crippen LogP contribution in [0.4, 0.5) is 10.2 Å². The van der Waals surface area contributed by atoms with Gasteiger partial charge in [0.1, 0.15) is 6.33 Å². The number of ketones is 1. The third kappa shape index (κ3) is 1.68. The number of halogens is 2. The van der Waals surface area contributed by atoms with E-state index in [1.54, 1.807) is 0 Å². The molecule has 2 heterocycles. The zero-order valence-corrected chi connectivity index (χ0v) is 8.16. The molecule has 2 rings (SSSR count). The minimum absolute atomic E-state index is 0.164. The molecule has 15 heavy (non-hydrogen) atoms. The Kier molecular flexibility index (Phi) is 2.36. The Morgan fingerprint density at radius 2 is 2.13 bits per heavy atom. The Hall–Kier alpha value is -1.56. The summed E-state index contributed by atoms with van der Waals surface area (Å²) in [5.41, 5.74) is 0. The van der Waals surface area contributed by atoms with Crippen LogP contribution in [0.15, 0.2) is 6.33 Å². The maximum atomic E-state index is 13.4. The van der Waals surface area contributed by atoms with Crippen molar-refractivity contribution >= 4 is 29.1 Å². The maximum Gasteiger partial charge on any atom is 0.236 e. The van der Waals surface area contributed by atoms with E-state index in [0.717, 1.165) is 11.2 Å². The first-order valence-electron chi connectivity index (χ1n) is 4.07. The summed E-state index contributed by atoms with van der Waals surface area (Å²) in [6, 6.07) is 0. The van der Waals surface area contributed by atoms with Crippen LogP contribution < -0.4 is 4.90 Å². The summed E-state index contributed by atoms with van der Waals surface area (Å²) in [6.07, 6.45) is 0.817. The Bertz CT molecular complexity index is 452. The summed E-state index contributed by atoms with van der Waals surface area (Å²) in [5, 5.41) is -0.368. The van der Waals surface area contributed by atoms with E-state index < -0.39 is 11.7 Å². The van der Waals surface area contributed by atoms with Gasteiger partial charge in [0.05, 0.1) is 13.0 Å². The predicted octanol–water partition coefficient (Wildman–Crippen LogP) is 0.575. The fraction of sp³-hybridized carbons (Fsp3) is 0.250. The van der Waals surface area contributed by atoms with Gasteiger partial charge >= 0.3 is 0 Å². The van der Waals surface area contributed by atoms with Gasteiger partial charge in [-0.05, 0) is 0 Å². The molecule has 0 N–H and O–H groups in total. The molecule has 1 aromatic heterocycles. The SMILES string of the molecule is O=C1CC(=O)N(c2ncnc(Cl)c2F)C1. The van der Waals surface area contributed by atoms with Gasteiger partial charge in [-0.15, -0.1) is 0 Å². The Morgan fingerprint density at radius 1 is 1.40 bits per heavy atom. The van der Waals surface area contributed by atoms with E-state index >= 15 is 0 Å².